The van der Waals surface area contributed by atoms with Gasteiger partial charge in [-0.2, -0.15) is 0 Å². The third kappa shape index (κ3) is 3.53. The summed E-state index contributed by atoms with van der Waals surface area (Å²) in [5.41, 5.74) is 1.18. The van der Waals surface area contributed by atoms with Gasteiger partial charge in [-0.1, -0.05) is 25.0 Å². The van der Waals surface area contributed by atoms with Crippen molar-refractivity contribution >= 4 is 29.1 Å². The minimum atomic E-state index is 0.440. The zero-order chi connectivity index (χ0) is 13.8. The molecular weight excluding hydrogens is 290 g/mol. The summed E-state index contributed by atoms with van der Waals surface area (Å²) in [5, 5.41) is 4.66. The number of rotatable bonds is 5. The van der Waals surface area contributed by atoms with Gasteiger partial charge in [-0.15, -0.1) is 11.8 Å². The Morgan fingerprint density at radius 3 is 2.70 bits per heavy atom. The average Bonchev–Trinajstić information content (AvgIpc) is 3.10. The van der Waals surface area contributed by atoms with E-state index in [1.165, 1.54) is 36.3 Å². The van der Waals surface area contributed by atoms with Crippen molar-refractivity contribution in [2.75, 3.05) is 5.32 Å². The molecule has 2 aromatic rings. The molecule has 0 atom stereocenters. The molecule has 1 aliphatic rings. The van der Waals surface area contributed by atoms with E-state index >= 15 is 0 Å². The Bertz CT molecular complexity index is 563. The van der Waals surface area contributed by atoms with Crippen molar-refractivity contribution in [2.45, 2.75) is 42.4 Å². The highest BCUT2D eigenvalue weighted by molar-refractivity contribution is 8.00. The predicted octanol–water partition coefficient (Wildman–Crippen LogP) is 5.58. The number of hydrogen-bond acceptors (Lipinski definition) is 3. The highest BCUT2D eigenvalue weighted by Gasteiger charge is 2.17. The Morgan fingerprint density at radius 2 is 1.95 bits per heavy atom. The zero-order valence-electron chi connectivity index (χ0n) is 11.3. The van der Waals surface area contributed by atoms with Crippen molar-refractivity contribution in [1.29, 1.82) is 0 Å². The summed E-state index contributed by atoms with van der Waals surface area (Å²) in [6.45, 7) is 0.662. The summed E-state index contributed by atoms with van der Waals surface area (Å²) in [6.07, 6.45) is 5.43. The number of furan rings is 1. The lowest BCUT2D eigenvalue weighted by atomic mass is 10.3. The van der Waals surface area contributed by atoms with E-state index in [0.717, 1.165) is 11.0 Å². The molecule has 0 saturated heterocycles. The van der Waals surface area contributed by atoms with Crippen LogP contribution in [0.2, 0.25) is 5.22 Å². The first-order chi connectivity index (χ1) is 9.81. The Morgan fingerprint density at radius 1 is 1.15 bits per heavy atom. The lowest BCUT2D eigenvalue weighted by Crippen LogP contribution is -2.01. The maximum atomic E-state index is 5.79. The van der Waals surface area contributed by atoms with Crippen molar-refractivity contribution in [1.82, 2.24) is 0 Å². The lowest BCUT2D eigenvalue weighted by Gasteiger charge is -2.14. The minimum Gasteiger partial charge on any atom is -0.448 e. The zero-order valence-corrected chi connectivity index (χ0v) is 12.8. The van der Waals surface area contributed by atoms with Crippen LogP contribution < -0.4 is 5.32 Å². The second-order valence-corrected chi connectivity index (χ2v) is 6.79. The molecular formula is C16H18ClNOS. The summed E-state index contributed by atoms with van der Waals surface area (Å²) in [6, 6.07) is 12.2. The van der Waals surface area contributed by atoms with Crippen LogP contribution >= 0.6 is 23.4 Å². The van der Waals surface area contributed by atoms with Gasteiger partial charge in [0.05, 0.1) is 6.54 Å². The van der Waals surface area contributed by atoms with Gasteiger partial charge in [0.1, 0.15) is 5.76 Å². The first-order valence-electron chi connectivity index (χ1n) is 7.05. The fraction of sp³-hybridized carbons (Fsp3) is 0.375. The fourth-order valence-corrected chi connectivity index (χ4v) is 4.04. The first kappa shape index (κ1) is 13.9. The van der Waals surface area contributed by atoms with Crippen LogP contribution in [0.15, 0.2) is 45.7 Å². The summed E-state index contributed by atoms with van der Waals surface area (Å²) >= 11 is 7.79. The van der Waals surface area contributed by atoms with Gasteiger partial charge in [0.15, 0.2) is 5.22 Å². The first-order valence-corrected chi connectivity index (χ1v) is 8.31. The van der Waals surface area contributed by atoms with Gasteiger partial charge in [-0.25, -0.2) is 0 Å². The molecule has 3 rings (SSSR count). The Balaban J connectivity index is 1.65. The predicted molar refractivity (Wildman–Crippen MR) is 85.6 cm³/mol. The minimum absolute atomic E-state index is 0.440. The van der Waals surface area contributed by atoms with Crippen LogP contribution in [-0.2, 0) is 6.54 Å². The number of para-hydroxylation sites is 1. The van der Waals surface area contributed by atoms with Crippen LogP contribution in [-0.4, -0.2) is 5.25 Å². The van der Waals surface area contributed by atoms with Crippen molar-refractivity contribution in [3.05, 3.63) is 47.4 Å². The fourth-order valence-electron chi connectivity index (χ4n) is 2.53. The van der Waals surface area contributed by atoms with Crippen molar-refractivity contribution in [3.8, 4) is 0 Å². The molecule has 1 N–H and O–H groups in total. The molecule has 2 nitrogen and oxygen atoms in total. The van der Waals surface area contributed by atoms with Crippen molar-refractivity contribution in [2.24, 2.45) is 0 Å². The molecule has 1 aromatic heterocycles. The molecule has 1 saturated carbocycles. The van der Waals surface area contributed by atoms with E-state index in [-0.39, 0.29) is 0 Å². The largest absolute Gasteiger partial charge is 0.448 e. The molecule has 0 radical (unpaired) electrons. The molecule has 1 heterocycles. The number of nitrogens with one attached hydrogen (secondary N) is 1. The van der Waals surface area contributed by atoms with E-state index in [2.05, 4.69) is 29.6 Å². The van der Waals surface area contributed by atoms with Gasteiger partial charge in [0, 0.05) is 15.8 Å². The normalized spacial score (nSPS) is 15.7. The molecule has 0 unspecified atom stereocenters. The van der Waals surface area contributed by atoms with E-state index in [1.54, 1.807) is 6.07 Å². The standard InChI is InChI=1S/C16H18ClNOS/c17-16-10-9-12(19-16)11-18-14-7-3-4-8-15(14)20-13-5-1-2-6-13/h3-4,7-10,13,18H,1-2,5-6,11H2. The number of halogens is 1. The summed E-state index contributed by atoms with van der Waals surface area (Å²) in [7, 11) is 0. The number of anilines is 1. The van der Waals surface area contributed by atoms with Crippen molar-refractivity contribution < 1.29 is 4.42 Å². The topological polar surface area (TPSA) is 25.2 Å². The van der Waals surface area contributed by atoms with E-state index in [1.807, 2.05) is 17.8 Å². The van der Waals surface area contributed by atoms with Crippen LogP contribution in [0.25, 0.3) is 0 Å². The maximum absolute atomic E-state index is 5.79. The van der Waals surface area contributed by atoms with E-state index in [9.17, 15) is 0 Å². The highest BCUT2D eigenvalue weighted by Crippen LogP contribution is 2.38. The van der Waals surface area contributed by atoms with Gasteiger partial charge >= 0.3 is 0 Å². The second kappa shape index (κ2) is 6.59. The number of benzene rings is 1. The smallest absolute Gasteiger partial charge is 0.193 e. The Kier molecular flexibility index (Phi) is 4.58. The van der Waals surface area contributed by atoms with Crippen LogP contribution in [0.3, 0.4) is 0 Å². The Labute approximate surface area is 128 Å². The van der Waals surface area contributed by atoms with Gasteiger partial charge in [0.2, 0.25) is 0 Å². The highest BCUT2D eigenvalue weighted by atomic mass is 35.5. The molecule has 0 bridgehead atoms. The van der Waals surface area contributed by atoms with Crippen LogP contribution in [0, 0.1) is 0 Å². The number of hydrogen-bond donors (Lipinski definition) is 1. The Hall–Kier alpha value is -1.06. The third-order valence-corrected chi connectivity index (χ3v) is 5.18. The van der Waals surface area contributed by atoms with E-state index < -0.39 is 0 Å². The summed E-state index contributed by atoms with van der Waals surface area (Å²) < 4.78 is 5.37. The maximum Gasteiger partial charge on any atom is 0.193 e. The SMILES string of the molecule is Clc1ccc(CNc2ccccc2SC2CCCC2)o1. The molecule has 0 amide bonds. The third-order valence-electron chi connectivity index (χ3n) is 3.56. The van der Waals surface area contributed by atoms with Crippen LogP contribution in [0.4, 0.5) is 5.69 Å². The number of thioether (sulfide) groups is 1. The lowest BCUT2D eigenvalue weighted by molar-refractivity contribution is 0.520. The average molecular weight is 308 g/mol. The molecule has 106 valence electrons. The molecule has 1 aromatic carbocycles. The van der Waals surface area contributed by atoms with Gasteiger partial charge < -0.3 is 9.73 Å². The van der Waals surface area contributed by atoms with Gasteiger partial charge in [0.25, 0.3) is 0 Å². The molecule has 4 heteroatoms. The van der Waals surface area contributed by atoms with E-state index in [4.69, 9.17) is 16.0 Å². The molecule has 1 fully saturated rings. The quantitative estimate of drug-likeness (QED) is 0.780. The van der Waals surface area contributed by atoms with Crippen molar-refractivity contribution in [3.63, 3.8) is 0 Å². The summed E-state index contributed by atoms with van der Waals surface area (Å²) in [5.74, 6) is 0.857. The van der Waals surface area contributed by atoms with Gasteiger partial charge in [-0.05, 0) is 48.7 Å². The molecule has 0 aliphatic heterocycles. The molecule has 0 spiro atoms. The monoisotopic (exact) mass is 307 g/mol. The van der Waals surface area contributed by atoms with Crippen LogP contribution in [0.5, 0.6) is 0 Å². The molecule has 1 aliphatic carbocycles. The van der Waals surface area contributed by atoms with Gasteiger partial charge in [-0.3, -0.25) is 0 Å². The van der Waals surface area contributed by atoms with Crippen LogP contribution in [0.1, 0.15) is 31.4 Å². The summed E-state index contributed by atoms with van der Waals surface area (Å²) in [4.78, 5) is 1.33. The molecule has 20 heavy (non-hydrogen) atoms. The van der Waals surface area contributed by atoms with E-state index in [0.29, 0.717) is 11.8 Å². The second-order valence-electron chi connectivity index (χ2n) is 5.08.